The first kappa shape index (κ1) is 24.4. The minimum atomic E-state index is -0.198. The summed E-state index contributed by atoms with van der Waals surface area (Å²) in [5, 5.41) is 0.719. The standard InChI is InChI=1S/C27H28Cl2N2O3/c28-24-14-13-21(16-25(24)29)27(33)31(22-10-5-2-6-11-22)19-26(32)30(18-23-12-7-15-34-23)17-20-8-3-1-4-9-20/h1,3-4,7-9,12-16,22H,2,5-6,10-11,17-19H2. The van der Waals surface area contributed by atoms with Gasteiger partial charge in [-0.25, -0.2) is 0 Å². The van der Waals surface area contributed by atoms with Gasteiger partial charge in [-0.2, -0.15) is 0 Å². The maximum Gasteiger partial charge on any atom is 0.254 e. The van der Waals surface area contributed by atoms with Crippen molar-refractivity contribution in [3.05, 3.63) is 93.9 Å². The smallest absolute Gasteiger partial charge is 0.254 e. The van der Waals surface area contributed by atoms with Crippen LogP contribution < -0.4 is 0 Å². The fourth-order valence-electron chi connectivity index (χ4n) is 4.43. The minimum absolute atomic E-state index is 0.00269. The molecular formula is C27H28Cl2N2O3. The van der Waals surface area contributed by atoms with Gasteiger partial charge in [0.2, 0.25) is 5.91 Å². The number of halogens is 2. The molecule has 2 amide bonds. The fourth-order valence-corrected chi connectivity index (χ4v) is 4.72. The SMILES string of the molecule is O=C(CN(C(=O)c1ccc(Cl)c(Cl)c1)C1CCCCC1)N(Cc1ccccc1)Cc1ccco1. The van der Waals surface area contributed by atoms with E-state index in [4.69, 9.17) is 27.6 Å². The normalized spacial score (nSPS) is 14.1. The third kappa shape index (κ3) is 6.22. The second-order valence-electron chi connectivity index (χ2n) is 8.67. The van der Waals surface area contributed by atoms with Crippen LogP contribution >= 0.6 is 23.2 Å². The van der Waals surface area contributed by atoms with Crippen LogP contribution in [0.4, 0.5) is 0 Å². The first-order valence-electron chi connectivity index (χ1n) is 11.6. The molecule has 0 spiro atoms. The topological polar surface area (TPSA) is 53.8 Å². The Hall–Kier alpha value is -2.76. The van der Waals surface area contributed by atoms with Crippen molar-refractivity contribution >= 4 is 35.0 Å². The van der Waals surface area contributed by atoms with Crippen molar-refractivity contribution in [1.29, 1.82) is 0 Å². The molecule has 0 bridgehead atoms. The molecule has 1 heterocycles. The molecule has 2 aromatic carbocycles. The van der Waals surface area contributed by atoms with Gasteiger partial charge in [-0.1, -0.05) is 72.8 Å². The van der Waals surface area contributed by atoms with E-state index < -0.39 is 0 Å². The second kappa shape index (κ2) is 11.6. The van der Waals surface area contributed by atoms with Crippen LogP contribution in [0.2, 0.25) is 10.0 Å². The highest BCUT2D eigenvalue weighted by Gasteiger charge is 2.30. The highest BCUT2D eigenvalue weighted by atomic mass is 35.5. The quantitative estimate of drug-likeness (QED) is 0.351. The van der Waals surface area contributed by atoms with Crippen LogP contribution in [0.15, 0.2) is 71.3 Å². The molecule has 1 aliphatic rings. The molecule has 4 rings (SSSR count). The Morgan fingerprint density at radius 3 is 2.32 bits per heavy atom. The number of hydrogen-bond donors (Lipinski definition) is 0. The van der Waals surface area contributed by atoms with E-state index in [9.17, 15) is 9.59 Å². The molecule has 0 N–H and O–H groups in total. The van der Waals surface area contributed by atoms with Crippen LogP contribution in [0, 0.1) is 0 Å². The molecule has 1 aromatic heterocycles. The molecule has 0 aliphatic heterocycles. The van der Waals surface area contributed by atoms with Crippen molar-refractivity contribution in [3.63, 3.8) is 0 Å². The fraction of sp³-hybridized carbons (Fsp3) is 0.333. The number of rotatable bonds is 8. The summed E-state index contributed by atoms with van der Waals surface area (Å²) in [6.07, 6.45) is 6.61. The number of amides is 2. The van der Waals surface area contributed by atoms with Gasteiger partial charge in [-0.3, -0.25) is 9.59 Å². The molecular weight excluding hydrogens is 471 g/mol. The number of hydrogen-bond acceptors (Lipinski definition) is 3. The Labute approximate surface area is 210 Å². The number of nitrogens with zero attached hydrogens (tertiary/aromatic N) is 2. The van der Waals surface area contributed by atoms with E-state index in [1.807, 2.05) is 42.5 Å². The number of carbonyl (C=O) groups excluding carboxylic acids is 2. The first-order chi connectivity index (χ1) is 16.5. The van der Waals surface area contributed by atoms with Crippen molar-refractivity contribution in [2.24, 2.45) is 0 Å². The van der Waals surface area contributed by atoms with Gasteiger partial charge in [0.15, 0.2) is 0 Å². The lowest BCUT2D eigenvalue weighted by Gasteiger charge is -2.35. The van der Waals surface area contributed by atoms with Crippen LogP contribution in [0.3, 0.4) is 0 Å². The highest BCUT2D eigenvalue weighted by molar-refractivity contribution is 6.42. The van der Waals surface area contributed by atoms with Crippen LogP contribution in [0.1, 0.15) is 53.8 Å². The Morgan fingerprint density at radius 2 is 1.65 bits per heavy atom. The van der Waals surface area contributed by atoms with E-state index in [-0.39, 0.29) is 24.4 Å². The summed E-state index contributed by atoms with van der Waals surface area (Å²) in [4.78, 5) is 30.7. The van der Waals surface area contributed by atoms with Gasteiger partial charge in [0.05, 0.1) is 22.9 Å². The average molecular weight is 499 g/mol. The lowest BCUT2D eigenvalue weighted by atomic mass is 9.93. The molecule has 0 radical (unpaired) electrons. The summed E-state index contributed by atoms with van der Waals surface area (Å²) in [5.41, 5.74) is 1.45. The second-order valence-corrected chi connectivity index (χ2v) is 9.48. The van der Waals surface area contributed by atoms with Crippen LogP contribution in [-0.2, 0) is 17.9 Å². The van der Waals surface area contributed by atoms with Gasteiger partial charge in [0.1, 0.15) is 12.3 Å². The van der Waals surface area contributed by atoms with Crippen molar-refractivity contribution < 1.29 is 14.0 Å². The van der Waals surface area contributed by atoms with Crippen LogP contribution in [0.5, 0.6) is 0 Å². The Balaban J connectivity index is 1.58. The van der Waals surface area contributed by atoms with Crippen molar-refractivity contribution in [2.45, 2.75) is 51.2 Å². The maximum atomic E-state index is 13.6. The summed E-state index contributed by atoms with van der Waals surface area (Å²) in [7, 11) is 0. The van der Waals surface area contributed by atoms with Gasteiger partial charge >= 0.3 is 0 Å². The number of benzene rings is 2. The monoisotopic (exact) mass is 498 g/mol. The van der Waals surface area contributed by atoms with Crippen molar-refractivity contribution in [2.75, 3.05) is 6.54 Å². The van der Waals surface area contributed by atoms with Gasteiger partial charge in [-0.05, 0) is 48.7 Å². The largest absolute Gasteiger partial charge is 0.467 e. The lowest BCUT2D eigenvalue weighted by Crippen LogP contribution is -2.48. The zero-order valence-electron chi connectivity index (χ0n) is 19.0. The third-order valence-corrected chi connectivity index (χ3v) is 6.98. The maximum absolute atomic E-state index is 13.6. The molecule has 3 aromatic rings. The van der Waals surface area contributed by atoms with E-state index in [0.717, 1.165) is 37.7 Å². The summed E-state index contributed by atoms with van der Waals surface area (Å²) in [6, 6.07) is 18.4. The third-order valence-electron chi connectivity index (χ3n) is 6.24. The first-order valence-corrected chi connectivity index (χ1v) is 12.4. The molecule has 0 unspecified atom stereocenters. The molecule has 1 aliphatic carbocycles. The number of furan rings is 1. The van der Waals surface area contributed by atoms with E-state index in [1.165, 1.54) is 0 Å². The van der Waals surface area contributed by atoms with Gasteiger partial charge < -0.3 is 14.2 Å². The molecule has 34 heavy (non-hydrogen) atoms. The van der Waals surface area contributed by atoms with Crippen molar-refractivity contribution in [3.8, 4) is 0 Å². The lowest BCUT2D eigenvalue weighted by molar-refractivity contribution is -0.134. The predicted molar refractivity (Wildman–Crippen MR) is 134 cm³/mol. The zero-order valence-corrected chi connectivity index (χ0v) is 20.5. The van der Waals surface area contributed by atoms with E-state index in [2.05, 4.69) is 0 Å². The molecule has 1 fully saturated rings. The molecule has 5 nitrogen and oxygen atoms in total. The minimum Gasteiger partial charge on any atom is -0.467 e. The summed E-state index contributed by atoms with van der Waals surface area (Å²) < 4.78 is 5.51. The van der Waals surface area contributed by atoms with Crippen molar-refractivity contribution in [1.82, 2.24) is 9.80 Å². The zero-order chi connectivity index (χ0) is 23.9. The van der Waals surface area contributed by atoms with E-state index in [1.54, 1.807) is 34.3 Å². The molecule has 7 heteroatoms. The highest BCUT2D eigenvalue weighted by Crippen LogP contribution is 2.27. The Bertz CT molecular complexity index is 1100. The molecule has 178 valence electrons. The summed E-state index contributed by atoms with van der Waals surface area (Å²) >= 11 is 12.2. The van der Waals surface area contributed by atoms with E-state index >= 15 is 0 Å². The Kier molecular flexibility index (Phi) is 8.30. The Morgan fingerprint density at radius 1 is 0.882 bits per heavy atom. The van der Waals surface area contributed by atoms with Gasteiger partial charge in [-0.15, -0.1) is 0 Å². The molecule has 0 atom stereocenters. The summed E-state index contributed by atoms with van der Waals surface area (Å²) in [5.74, 6) is 0.375. The van der Waals surface area contributed by atoms with Gasteiger partial charge in [0, 0.05) is 18.2 Å². The predicted octanol–water partition coefficient (Wildman–Crippen LogP) is 6.59. The molecule has 1 saturated carbocycles. The van der Waals surface area contributed by atoms with Gasteiger partial charge in [0.25, 0.3) is 5.91 Å². The molecule has 0 saturated heterocycles. The number of carbonyl (C=O) groups is 2. The average Bonchev–Trinajstić information content (AvgIpc) is 3.38. The summed E-state index contributed by atoms with van der Waals surface area (Å²) in [6.45, 7) is 0.761. The van der Waals surface area contributed by atoms with Crippen LogP contribution in [0.25, 0.3) is 0 Å². The van der Waals surface area contributed by atoms with Crippen LogP contribution in [-0.4, -0.2) is 34.2 Å². The van der Waals surface area contributed by atoms with E-state index in [0.29, 0.717) is 34.5 Å².